The zero-order valence-corrected chi connectivity index (χ0v) is 9.48. The summed E-state index contributed by atoms with van der Waals surface area (Å²) in [6.45, 7) is 2.19. The molecule has 1 heterocycles. The van der Waals surface area contributed by atoms with Crippen LogP contribution in [0.5, 0.6) is 5.75 Å². The number of nitrogens with two attached hydrogens (primary N) is 1. The first kappa shape index (κ1) is 11.4. The number of benzene rings is 1. The molecular formula is C13H13FN2O. The molecule has 0 saturated heterocycles. The Morgan fingerprint density at radius 3 is 2.88 bits per heavy atom. The summed E-state index contributed by atoms with van der Waals surface area (Å²) in [5, 5.41) is 0. The van der Waals surface area contributed by atoms with E-state index in [9.17, 15) is 4.39 Å². The molecule has 0 amide bonds. The fourth-order valence-corrected chi connectivity index (χ4v) is 1.50. The Kier molecular flexibility index (Phi) is 3.23. The summed E-state index contributed by atoms with van der Waals surface area (Å²) in [4.78, 5) is 3.92. The Morgan fingerprint density at radius 1 is 1.35 bits per heavy atom. The van der Waals surface area contributed by atoms with Crippen molar-refractivity contribution in [2.75, 3.05) is 5.73 Å². The standard InChI is InChI=1S/C13H13FN2O/c1-9-7-11(14)5-4-10(9)8-17-12-3-2-6-16-13(12)15/h2-7H,8H2,1H3,(H2,15,16). The highest BCUT2D eigenvalue weighted by atomic mass is 19.1. The lowest BCUT2D eigenvalue weighted by molar-refractivity contribution is 0.306. The average molecular weight is 232 g/mol. The molecule has 2 rings (SSSR count). The quantitative estimate of drug-likeness (QED) is 0.885. The van der Waals surface area contributed by atoms with Crippen LogP contribution < -0.4 is 10.5 Å². The van der Waals surface area contributed by atoms with E-state index in [1.165, 1.54) is 12.1 Å². The summed E-state index contributed by atoms with van der Waals surface area (Å²) in [6.07, 6.45) is 1.60. The zero-order chi connectivity index (χ0) is 12.3. The number of anilines is 1. The van der Waals surface area contributed by atoms with Crippen molar-refractivity contribution in [2.45, 2.75) is 13.5 Å². The van der Waals surface area contributed by atoms with Crippen LogP contribution in [0.25, 0.3) is 0 Å². The molecule has 88 valence electrons. The molecule has 17 heavy (non-hydrogen) atoms. The second-order valence-corrected chi connectivity index (χ2v) is 3.75. The van der Waals surface area contributed by atoms with Crippen molar-refractivity contribution < 1.29 is 9.13 Å². The van der Waals surface area contributed by atoms with Gasteiger partial charge in [-0.2, -0.15) is 0 Å². The van der Waals surface area contributed by atoms with E-state index in [4.69, 9.17) is 10.5 Å². The van der Waals surface area contributed by atoms with Crippen LogP contribution in [0.15, 0.2) is 36.5 Å². The molecule has 0 aliphatic heterocycles. The van der Waals surface area contributed by atoms with Crippen molar-refractivity contribution in [3.05, 3.63) is 53.5 Å². The van der Waals surface area contributed by atoms with E-state index in [0.29, 0.717) is 18.2 Å². The topological polar surface area (TPSA) is 48.1 Å². The van der Waals surface area contributed by atoms with Crippen LogP contribution in [-0.4, -0.2) is 4.98 Å². The van der Waals surface area contributed by atoms with Gasteiger partial charge in [-0.3, -0.25) is 0 Å². The van der Waals surface area contributed by atoms with Crippen LogP contribution in [0, 0.1) is 12.7 Å². The van der Waals surface area contributed by atoms with E-state index in [1.807, 2.05) is 6.92 Å². The molecule has 1 aromatic heterocycles. The number of halogens is 1. The van der Waals surface area contributed by atoms with Gasteiger partial charge in [-0.05, 0) is 42.3 Å². The Balaban J connectivity index is 2.10. The lowest BCUT2D eigenvalue weighted by Gasteiger charge is -2.09. The molecule has 1 aromatic carbocycles. The molecule has 0 aliphatic rings. The van der Waals surface area contributed by atoms with Gasteiger partial charge in [-0.25, -0.2) is 9.37 Å². The Hall–Kier alpha value is -2.10. The van der Waals surface area contributed by atoms with E-state index in [1.54, 1.807) is 24.4 Å². The third-order valence-corrected chi connectivity index (χ3v) is 2.49. The minimum Gasteiger partial charge on any atom is -0.485 e. The molecule has 4 heteroatoms. The summed E-state index contributed by atoms with van der Waals surface area (Å²) in [5.41, 5.74) is 7.43. The third kappa shape index (κ3) is 2.72. The molecule has 0 bridgehead atoms. The molecule has 2 N–H and O–H groups in total. The molecule has 0 aliphatic carbocycles. The van der Waals surface area contributed by atoms with Crippen LogP contribution >= 0.6 is 0 Å². The van der Waals surface area contributed by atoms with Gasteiger partial charge in [0.05, 0.1) is 0 Å². The average Bonchev–Trinajstić information content (AvgIpc) is 2.30. The first-order chi connectivity index (χ1) is 8.16. The lowest BCUT2D eigenvalue weighted by Crippen LogP contribution is -2.01. The minimum absolute atomic E-state index is 0.243. The monoisotopic (exact) mass is 232 g/mol. The van der Waals surface area contributed by atoms with Crippen LogP contribution in [0.2, 0.25) is 0 Å². The second kappa shape index (κ2) is 4.82. The summed E-state index contributed by atoms with van der Waals surface area (Å²) >= 11 is 0. The lowest BCUT2D eigenvalue weighted by atomic mass is 10.1. The molecule has 2 aromatic rings. The molecule has 0 spiro atoms. The number of hydrogen-bond acceptors (Lipinski definition) is 3. The van der Waals surface area contributed by atoms with Crippen LogP contribution in [0.1, 0.15) is 11.1 Å². The Bertz CT molecular complexity index is 529. The van der Waals surface area contributed by atoms with Gasteiger partial charge in [0.1, 0.15) is 12.4 Å². The zero-order valence-electron chi connectivity index (χ0n) is 9.48. The number of rotatable bonds is 3. The summed E-state index contributed by atoms with van der Waals surface area (Å²) in [7, 11) is 0. The molecule has 0 fully saturated rings. The fourth-order valence-electron chi connectivity index (χ4n) is 1.50. The normalized spacial score (nSPS) is 10.2. The molecule has 3 nitrogen and oxygen atoms in total. The van der Waals surface area contributed by atoms with Gasteiger partial charge in [0.25, 0.3) is 0 Å². The van der Waals surface area contributed by atoms with E-state index in [2.05, 4.69) is 4.98 Å². The molecule has 0 atom stereocenters. The number of nitrogens with zero attached hydrogens (tertiary/aromatic N) is 1. The van der Waals surface area contributed by atoms with Crippen molar-refractivity contribution in [2.24, 2.45) is 0 Å². The van der Waals surface area contributed by atoms with E-state index >= 15 is 0 Å². The summed E-state index contributed by atoms with van der Waals surface area (Å²) < 4.78 is 18.4. The smallest absolute Gasteiger partial charge is 0.166 e. The number of aryl methyl sites for hydroxylation is 1. The van der Waals surface area contributed by atoms with Gasteiger partial charge >= 0.3 is 0 Å². The highest BCUT2D eigenvalue weighted by Gasteiger charge is 2.03. The number of pyridine rings is 1. The number of hydrogen-bond donors (Lipinski definition) is 1. The molecule has 0 saturated carbocycles. The minimum atomic E-state index is -0.243. The number of nitrogen functional groups attached to an aromatic ring is 1. The van der Waals surface area contributed by atoms with Gasteiger partial charge in [0.15, 0.2) is 11.6 Å². The van der Waals surface area contributed by atoms with Crippen molar-refractivity contribution >= 4 is 5.82 Å². The number of ether oxygens (including phenoxy) is 1. The van der Waals surface area contributed by atoms with E-state index < -0.39 is 0 Å². The first-order valence-corrected chi connectivity index (χ1v) is 5.25. The SMILES string of the molecule is Cc1cc(F)ccc1COc1cccnc1N. The van der Waals surface area contributed by atoms with Crippen LogP contribution in [0.3, 0.4) is 0 Å². The van der Waals surface area contributed by atoms with Crippen molar-refractivity contribution in [3.63, 3.8) is 0 Å². The highest BCUT2D eigenvalue weighted by Crippen LogP contribution is 2.19. The summed E-state index contributed by atoms with van der Waals surface area (Å²) in [5.74, 6) is 0.649. The van der Waals surface area contributed by atoms with Gasteiger partial charge < -0.3 is 10.5 Å². The fraction of sp³-hybridized carbons (Fsp3) is 0.154. The maximum atomic E-state index is 12.9. The first-order valence-electron chi connectivity index (χ1n) is 5.25. The summed E-state index contributed by atoms with van der Waals surface area (Å²) in [6, 6.07) is 8.10. The highest BCUT2D eigenvalue weighted by molar-refractivity contribution is 5.44. The predicted molar refractivity (Wildman–Crippen MR) is 64.1 cm³/mol. The van der Waals surface area contributed by atoms with Gasteiger partial charge in [0, 0.05) is 6.20 Å². The Labute approximate surface area is 99.1 Å². The second-order valence-electron chi connectivity index (χ2n) is 3.75. The molecule has 0 unspecified atom stereocenters. The largest absolute Gasteiger partial charge is 0.485 e. The van der Waals surface area contributed by atoms with Crippen LogP contribution in [-0.2, 0) is 6.61 Å². The predicted octanol–water partition coefficient (Wildman–Crippen LogP) is 2.69. The van der Waals surface area contributed by atoms with Crippen molar-refractivity contribution in [3.8, 4) is 5.75 Å². The van der Waals surface area contributed by atoms with Crippen molar-refractivity contribution in [1.82, 2.24) is 4.98 Å². The molecule has 0 radical (unpaired) electrons. The van der Waals surface area contributed by atoms with Gasteiger partial charge in [-0.15, -0.1) is 0 Å². The van der Waals surface area contributed by atoms with Crippen molar-refractivity contribution in [1.29, 1.82) is 0 Å². The number of aromatic nitrogens is 1. The van der Waals surface area contributed by atoms with E-state index in [-0.39, 0.29) is 5.82 Å². The molecular weight excluding hydrogens is 219 g/mol. The maximum absolute atomic E-state index is 12.9. The maximum Gasteiger partial charge on any atom is 0.166 e. The third-order valence-electron chi connectivity index (χ3n) is 2.49. The van der Waals surface area contributed by atoms with Gasteiger partial charge in [-0.1, -0.05) is 6.07 Å². The Morgan fingerprint density at radius 2 is 2.18 bits per heavy atom. The van der Waals surface area contributed by atoms with Crippen LogP contribution in [0.4, 0.5) is 10.2 Å². The van der Waals surface area contributed by atoms with E-state index in [0.717, 1.165) is 11.1 Å². The van der Waals surface area contributed by atoms with Gasteiger partial charge in [0.2, 0.25) is 0 Å².